The van der Waals surface area contributed by atoms with Gasteiger partial charge in [0.15, 0.2) is 0 Å². The first-order valence-corrected chi connectivity index (χ1v) is 10.8. The van der Waals surface area contributed by atoms with Crippen LogP contribution in [0.15, 0.2) is 18.2 Å². The Labute approximate surface area is 188 Å². The van der Waals surface area contributed by atoms with Crippen LogP contribution in [0.3, 0.4) is 0 Å². The number of aryl methyl sites for hydroxylation is 1. The van der Waals surface area contributed by atoms with E-state index in [2.05, 4.69) is 15.6 Å². The zero-order chi connectivity index (χ0) is 23.8. The normalized spacial score (nSPS) is 15.1. The number of H-pyrrole nitrogens is 1. The minimum absolute atomic E-state index is 0.191. The Kier molecular flexibility index (Phi) is 6.33. The van der Waals surface area contributed by atoms with E-state index in [1.165, 1.54) is 12.1 Å². The number of amides is 2. The Morgan fingerprint density at radius 1 is 1.19 bits per heavy atom. The van der Waals surface area contributed by atoms with Gasteiger partial charge >= 0.3 is 0 Å². The molecule has 0 atom stereocenters. The van der Waals surface area contributed by atoms with E-state index in [1.807, 2.05) is 48.5 Å². The minimum atomic E-state index is -0.459. The van der Waals surface area contributed by atoms with Gasteiger partial charge in [0.2, 0.25) is 0 Å². The van der Waals surface area contributed by atoms with Crippen LogP contribution in [-0.4, -0.2) is 34.5 Å². The predicted molar refractivity (Wildman–Crippen MR) is 125 cm³/mol. The van der Waals surface area contributed by atoms with Crippen LogP contribution in [0, 0.1) is 19.7 Å². The molecule has 1 aromatic carbocycles. The zero-order valence-electron chi connectivity index (χ0n) is 19.8. The molecule has 3 rings (SSSR count). The molecule has 0 aliphatic carbocycles. The molecule has 32 heavy (non-hydrogen) atoms. The van der Waals surface area contributed by atoms with Crippen LogP contribution in [0.4, 0.5) is 10.1 Å². The van der Waals surface area contributed by atoms with Crippen LogP contribution in [0.1, 0.15) is 73.9 Å². The number of fused-ring (bicyclic) bond motifs is 1. The predicted octanol–water partition coefficient (Wildman–Crippen LogP) is 4.98. The molecule has 0 unspecified atom stereocenters. The number of hydrogen-bond acceptors (Lipinski definition) is 3. The van der Waals surface area contributed by atoms with Crippen molar-refractivity contribution in [1.29, 1.82) is 0 Å². The maximum absolute atomic E-state index is 13.7. The van der Waals surface area contributed by atoms with Gasteiger partial charge in [0, 0.05) is 34.8 Å². The van der Waals surface area contributed by atoms with Crippen molar-refractivity contribution in [3.8, 4) is 0 Å². The highest BCUT2D eigenvalue weighted by atomic mass is 19.1. The Bertz CT molecular complexity index is 1090. The first-order chi connectivity index (χ1) is 14.8. The molecular weight excluding hydrogens is 409 g/mol. The number of carbonyl (C=O) groups excluding carboxylic acids is 2. The van der Waals surface area contributed by atoms with E-state index in [0.717, 1.165) is 5.56 Å². The number of rotatable bonds is 6. The van der Waals surface area contributed by atoms with Crippen molar-refractivity contribution in [3.05, 3.63) is 52.1 Å². The summed E-state index contributed by atoms with van der Waals surface area (Å²) >= 11 is 0. The summed E-state index contributed by atoms with van der Waals surface area (Å²) in [5.41, 5.74) is 3.36. The number of benzene rings is 1. The van der Waals surface area contributed by atoms with E-state index < -0.39 is 11.4 Å². The maximum Gasteiger partial charge on any atom is 0.256 e. The Morgan fingerprint density at radius 3 is 2.53 bits per heavy atom. The molecule has 1 aromatic heterocycles. The number of nitrogens with one attached hydrogen (secondary N) is 3. The third-order valence-corrected chi connectivity index (χ3v) is 5.47. The Morgan fingerprint density at radius 2 is 1.88 bits per heavy atom. The van der Waals surface area contributed by atoms with Crippen LogP contribution >= 0.6 is 0 Å². The summed E-state index contributed by atoms with van der Waals surface area (Å²) < 4.78 is 19.5. The van der Waals surface area contributed by atoms with Gasteiger partial charge in [0.05, 0.1) is 16.7 Å². The highest BCUT2D eigenvalue weighted by Crippen LogP contribution is 2.34. The number of ether oxygens (including phenoxy) is 1. The lowest BCUT2D eigenvalue weighted by Crippen LogP contribution is -2.45. The number of aromatic nitrogens is 1. The van der Waals surface area contributed by atoms with Crippen molar-refractivity contribution in [2.45, 2.75) is 66.0 Å². The lowest BCUT2D eigenvalue weighted by Gasteiger charge is -2.28. The number of halogens is 1. The van der Waals surface area contributed by atoms with Crippen LogP contribution < -0.4 is 10.6 Å². The Balaban J connectivity index is 1.83. The number of anilines is 1. The topological polar surface area (TPSA) is 83.2 Å². The van der Waals surface area contributed by atoms with E-state index in [-0.39, 0.29) is 17.4 Å². The van der Waals surface area contributed by atoms with Gasteiger partial charge in [-0.25, -0.2) is 4.39 Å². The van der Waals surface area contributed by atoms with Gasteiger partial charge in [0.1, 0.15) is 5.82 Å². The van der Waals surface area contributed by atoms with Gasteiger partial charge in [-0.1, -0.05) is 0 Å². The summed E-state index contributed by atoms with van der Waals surface area (Å²) in [5.74, 6) is -0.907. The average Bonchev–Trinajstić information content (AvgIpc) is 3.09. The lowest BCUT2D eigenvalue weighted by atomic mass is 9.99. The molecule has 0 saturated heterocycles. The molecule has 0 fully saturated rings. The highest BCUT2D eigenvalue weighted by Gasteiger charge is 2.28. The molecular formula is C25H32FN3O3. The smallest absolute Gasteiger partial charge is 0.256 e. The summed E-state index contributed by atoms with van der Waals surface area (Å²) in [6, 6.07) is 4.18. The Hall–Kier alpha value is -2.93. The van der Waals surface area contributed by atoms with Gasteiger partial charge in [-0.2, -0.15) is 0 Å². The zero-order valence-corrected chi connectivity index (χ0v) is 19.8. The van der Waals surface area contributed by atoms with Crippen molar-refractivity contribution in [1.82, 2.24) is 10.3 Å². The SMILES string of the molecule is Cc1[nH]c(/C=C2\C(=O)Nc3ccc(F)cc32)c(C)c1C(=O)NC(C)(C)CCOC(C)(C)C. The molecule has 2 amide bonds. The fourth-order valence-corrected chi connectivity index (χ4v) is 3.75. The van der Waals surface area contributed by atoms with Crippen molar-refractivity contribution in [3.63, 3.8) is 0 Å². The standard InChI is InChI=1S/C25H32FN3O3/c1-14-20(13-18-17-12-16(26)8-9-19(17)28-22(18)30)27-15(2)21(14)23(31)29-25(6,7)10-11-32-24(3,4)5/h8-9,12-13,27H,10-11H2,1-7H3,(H,28,30)(H,29,31)/b18-13-. The van der Waals surface area contributed by atoms with Gasteiger partial charge in [-0.3, -0.25) is 9.59 Å². The van der Waals surface area contributed by atoms with Crippen LogP contribution in [-0.2, 0) is 9.53 Å². The molecule has 0 spiro atoms. The summed E-state index contributed by atoms with van der Waals surface area (Å²) in [5, 5.41) is 5.83. The first kappa shape index (κ1) is 23.7. The molecule has 3 N–H and O–H groups in total. The molecule has 1 aliphatic rings. The number of hydrogen-bond donors (Lipinski definition) is 3. The van der Waals surface area contributed by atoms with Gasteiger partial charge in [-0.15, -0.1) is 0 Å². The molecule has 1 aliphatic heterocycles. The summed E-state index contributed by atoms with van der Waals surface area (Å²) in [7, 11) is 0. The highest BCUT2D eigenvalue weighted by molar-refractivity contribution is 6.34. The molecule has 2 heterocycles. The van der Waals surface area contributed by atoms with Crippen LogP contribution in [0.25, 0.3) is 11.6 Å². The van der Waals surface area contributed by atoms with E-state index >= 15 is 0 Å². The molecule has 0 radical (unpaired) electrons. The molecule has 0 saturated carbocycles. The summed E-state index contributed by atoms with van der Waals surface area (Å²) in [6.07, 6.45) is 2.33. The van der Waals surface area contributed by atoms with E-state index in [4.69, 9.17) is 4.74 Å². The summed E-state index contributed by atoms with van der Waals surface area (Å²) in [6.45, 7) is 14.1. The maximum atomic E-state index is 13.7. The van der Waals surface area contributed by atoms with E-state index in [0.29, 0.717) is 46.8 Å². The second-order valence-electron chi connectivity index (χ2n) is 9.91. The van der Waals surface area contributed by atoms with E-state index in [1.54, 1.807) is 12.1 Å². The van der Waals surface area contributed by atoms with Gasteiger partial charge in [-0.05, 0) is 84.7 Å². The van der Waals surface area contributed by atoms with Gasteiger partial charge in [0.25, 0.3) is 11.8 Å². The van der Waals surface area contributed by atoms with Crippen molar-refractivity contribution >= 4 is 29.2 Å². The monoisotopic (exact) mass is 441 g/mol. The molecule has 7 heteroatoms. The number of carbonyl (C=O) groups is 2. The second kappa shape index (κ2) is 8.54. The number of aromatic amines is 1. The quantitative estimate of drug-likeness (QED) is 0.553. The molecule has 0 bridgehead atoms. The first-order valence-electron chi connectivity index (χ1n) is 10.8. The molecule has 172 valence electrons. The minimum Gasteiger partial charge on any atom is -0.376 e. The lowest BCUT2D eigenvalue weighted by molar-refractivity contribution is -0.110. The fraction of sp³-hybridized carbons (Fsp3) is 0.440. The van der Waals surface area contributed by atoms with Crippen molar-refractivity contribution in [2.75, 3.05) is 11.9 Å². The fourth-order valence-electron chi connectivity index (χ4n) is 3.75. The summed E-state index contributed by atoms with van der Waals surface area (Å²) in [4.78, 5) is 28.7. The molecule has 6 nitrogen and oxygen atoms in total. The van der Waals surface area contributed by atoms with Gasteiger partial charge < -0.3 is 20.4 Å². The van der Waals surface area contributed by atoms with E-state index in [9.17, 15) is 14.0 Å². The average molecular weight is 442 g/mol. The van der Waals surface area contributed by atoms with Crippen LogP contribution in [0.5, 0.6) is 0 Å². The van der Waals surface area contributed by atoms with Crippen molar-refractivity contribution in [2.24, 2.45) is 0 Å². The molecule has 2 aromatic rings. The van der Waals surface area contributed by atoms with Crippen LogP contribution in [0.2, 0.25) is 0 Å². The third kappa shape index (κ3) is 5.27. The van der Waals surface area contributed by atoms with Crippen molar-refractivity contribution < 1.29 is 18.7 Å². The third-order valence-electron chi connectivity index (χ3n) is 5.47. The largest absolute Gasteiger partial charge is 0.376 e. The second-order valence-corrected chi connectivity index (χ2v) is 9.91.